The molecule has 2 saturated carbocycles. The topological polar surface area (TPSA) is 181 Å². The van der Waals surface area contributed by atoms with E-state index >= 15 is 0 Å². The number of hydrogen-bond donors (Lipinski definition) is 4. The van der Waals surface area contributed by atoms with Gasteiger partial charge in [-0.2, -0.15) is 0 Å². The highest BCUT2D eigenvalue weighted by Gasteiger charge is 2.40. The van der Waals surface area contributed by atoms with E-state index in [4.69, 9.17) is 0 Å². The number of nitrogens with zero attached hydrogens (tertiary/aromatic N) is 3. The average molecular weight is 558 g/mol. The Balaban J connectivity index is 1.43. The summed E-state index contributed by atoms with van der Waals surface area (Å²) in [7, 11) is 1.31. The van der Waals surface area contributed by atoms with E-state index in [1.165, 1.54) is 36.4 Å². The average Bonchev–Trinajstić information content (AvgIpc) is 3.65. The molecule has 4 atom stereocenters. The minimum atomic E-state index is -1.25. The molecule has 14 heteroatoms. The zero-order valence-electron chi connectivity index (χ0n) is 21.7. The van der Waals surface area contributed by atoms with Crippen LogP contribution in [0.1, 0.15) is 53.9 Å². The minimum Gasteiger partial charge on any atom is -0.353 e. The molecular weight excluding hydrogens is 526 g/mol. The van der Waals surface area contributed by atoms with Crippen molar-refractivity contribution in [3.8, 4) is 0 Å². The molecule has 0 spiro atoms. The van der Waals surface area contributed by atoms with Gasteiger partial charge >= 0.3 is 0 Å². The van der Waals surface area contributed by atoms with E-state index < -0.39 is 35.1 Å². The Morgan fingerprint density at radius 2 is 1.97 bits per heavy atom. The van der Waals surface area contributed by atoms with Gasteiger partial charge in [0.1, 0.15) is 23.2 Å². The first-order chi connectivity index (χ1) is 18.7. The first kappa shape index (κ1) is 28.1. The quantitative estimate of drug-likeness (QED) is 0.282. The Hall–Kier alpha value is -3.94. The van der Waals surface area contributed by atoms with Crippen molar-refractivity contribution in [1.29, 1.82) is 0 Å². The van der Waals surface area contributed by atoms with Crippen molar-refractivity contribution in [1.82, 2.24) is 30.1 Å². The Morgan fingerprint density at radius 1 is 1.18 bits per heavy atom. The van der Waals surface area contributed by atoms with Crippen molar-refractivity contribution in [3.05, 3.63) is 39.3 Å². The van der Waals surface area contributed by atoms with Gasteiger partial charge < -0.3 is 25.8 Å². The largest absolute Gasteiger partial charge is 0.353 e. The molecule has 13 nitrogen and oxygen atoms in total. The molecule has 0 aromatic carbocycles. The van der Waals surface area contributed by atoms with Crippen molar-refractivity contribution in [2.45, 2.75) is 64.1 Å². The number of nitrogens with one attached hydrogen (secondary N) is 4. The number of carbonyl (C=O) groups excluding carboxylic acids is 5. The normalized spacial score (nSPS) is 20.2. The molecule has 2 aromatic heterocycles. The van der Waals surface area contributed by atoms with Crippen LogP contribution in [0.25, 0.3) is 0 Å². The first-order valence-corrected chi connectivity index (χ1v) is 13.6. The summed E-state index contributed by atoms with van der Waals surface area (Å²) in [4.78, 5) is 75.4. The zero-order valence-corrected chi connectivity index (χ0v) is 22.5. The first-order valence-electron chi connectivity index (χ1n) is 12.8. The fourth-order valence-corrected chi connectivity index (χ4v) is 5.83. The molecule has 39 heavy (non-hydrogen) atoms. The van der Waals surface area contributed by atoms with Crippen LogP contribution in [-0.4, -0.2) is 62.7 Å². The third-order valence-electron chi connectivity index (χ3n) is 7.30. The number of ketones is 1. The third kappa shape index (κ3) is 6.74. The minimum absolute atomic E-state index is 0.0947. The Bertz CT molecular complexity index is 1340. The lowest BCUT2D eigenvalue weighted by molar-refractivity contribution is -0.137. The van der Waals surface area contributed by atoms with Crippen LogP contribution in [0.4, 0.5) is 5.69 Å². The molecule has 0 saturated heterocycles. The van der Waals surface area contributed by atoms with Crippen molar-refractivity contribution < 1.29 is 24.0 Å². The second-order valence-electron chi connectivity index (χ2n) is 9.95. The van der Waals surface area contributed by atoms with Crippen molar-refractivity contribution in [3.63, 3.8) is 0 Å². The lowest BCUT2D eigenvalue weighted by Gasteiger charge is -2.23. The molecule has 0 radical (unpaired) electrons. The summed E-state index contributed by atoms with van der Waals surface area (Å²) in [6, 6.07) is 1.80. The molecule has 4 N–H and O–H groups in total. The summed E-state index contributed by atoms with van der Waals surface area (Å²) in [5.41, 5.74) is -0.321. The Labute approximate surface area is 228 Å². The second kappa shape index (κ2) is 12.3. The van der Waals surface area contributed by atoms with Crippen LogP contribution < -0.4 is 26.8 Å². The van der Waals surface area contributed by atoms with Gasteiger partial charge in [-0.25, -0.2) is 0 Å². The highest BCUT2D eigenvalue weighted by Crippen LogP contribution is 2.44. The second-order valence-corrected chi connectivity index (χ2v) is 10.7. The van der Waals surface area contributed by atoms with Gasteiger partial charge in [0.2, 0.25) is 17.6 Å². The van der Waals surface area contributed by atoms with Crippen LogP contribution in [-0.2, 0) is 25.7 Å². The van der Waals surface area contributed by atoms with Crippen LogP contribution in [0.5, 0.6) is 0 Å². The summed E-state index contributed by atoms with van der Waals surface area (Å²) < 4.78 is 4.91. The van der Waals surface area contributed by atoms with Gasteiger partial charge in [-0.05, 0) is 68.1 Å². The van der Waals surface area contributed by atoms with Crippen molar-refractivity contribution >= 4 is 46.6 Å². The number of rotatable bonds is 11. The lowest BCUT2D eigenvalue weighted by Crippen LogP contribution is -2.45. The summed E-state index contributed by atoms with van der Waals surface area (Å²) in [6.45, 7) is 1.39. The van der Waals surface area contributed by atoms with Gasteiger partial charge in [-0.15, -0.1) is 5.10 Å². The molecule has 4 rings (SSSR count). The Kier molecular flexibility index (Phi) is 8.84. The summed E-state index contributed by atoms with van der Waals surface area (Å²) in [5.74, 6) is -2.08. The molecule has 2 heterocycles. The van der Waals surface area contributed by atoms with Crippen molar-refractivity contribution in [2.24, 2.45) is 11.8 Å². The highest BCUT2D eigenvalue weighted by atomic mass is 32.1. The molecular formula is C25H31N7O6S. The van der Waals surface area contributed by atoms with E-state index in [1.807, 2.05) is 0 Å². The van der Waals surface area contributed by atoms with Gasteiger partial charge in [-0.1, -0.05) is 10.9 Å². The van der Waals surface area contributed by atoms with E-state index in [1.54, 1.807) is 6.92 Å². The maximum atomic E-state index is 13.2. The van der Waals surface area contributed by atoms with E-state index in [-0.39, 0.29) is 41.9 Å². The highest BCUT2D eigenvalue weighted by molar-refractivity contribution is 7.08. The number of aryl methyl sites for hydroxylation is 1. The van der Waals surface area contributed by atoms with Crippen LogP contribution >= 0.6 is 11.5 Å². The van der Waals surface area contributed by atoms with Crippen LogP contribution in [0.15, 0.2) is 23.1 Å². The fourth-order valence-electron chi connectivity index (χ4n) is 5.27. The SMILES string of the molecule is CNC(=O)C(=O)CC[C@H](NC(=O)c1snnc1C)C(=O)Nc1cccn(CC(=O)NC2CC3CCC2C3)c1=O. The smallest absolute Gasteiger partial charge is 0.287 e. The Morgan fingerprint density at radius 3 is 2.62 bits per heavy atom. The van der Waals surface area contributed by atoms with Crippen LogP contribution in [0, 0.1) is 18.8 Å². The molecule has 2 fully saturated rings. The summed E-state index contributed by atoms with van der Waals surface area (Å²) in [5, 5.41) is 14.1. The third-order valence-corrected chi connectivity index (χ3v) is 8.12. The van der Waals surface area contributed by atoms with E-state index in [2.05, 4.69) is 30.9 Å². The van der Waals surface area contributed by atoms with E-state index in [0.29, 0.717) is 17.5 Å². The number of pyridine rings is 1. The predicted molar refractivity (Wildman–Crippen MR) is 141 cm³/mol. The molecule has 2 bridgehead atoms. The standard InChI is InChI=1S/C25H31N7O6S/c1-13-21(39-31-30-13)24(37)28-16(7-8-19(33)23(36)26-2)22(35)29-17-4-3-9-32(25(17)38)12-20(34)27-18-11-14-5-6-15(18)10-14/h3-4,9,14-16,18H,5-8,10-12H2,1-2H3,(H,26,36)(H,27,34)(H,28,37)(H,29,35)/t14?,15?,16-,18?/m0/s1. The lowest BCUT2D eigenvalue weighted by atomic mass is 9.95. The fraction of sp³-hybridized carbons (Fsp3) is 0.520. The predicted octanol–water partition coefficient (Wildman–Crippen LogP) is 0.145. The molecule has 4 amide bonds. The van der Waals surface area contributed by atoms with Gasteiger partial charge in [0.15, 0.2) is 0 Å². The molecule has 2 aliphatic rings. The van der Waals surface area contributed by atoms with Gasteiger partial charge in [-0.3, -0.25) is 28.8 Å². The van der Waals surface area contributed by atoms with Gasteiger partial charge in [0.25, 0.3) is 17.4 Å². The number of carbonyl (C=O) groups is 5. The molecule has 2 aliphatic carbocycles. The van der Waals surface area contributed by atoms with Crippen LogP contribution in [0.2, 0.25) is 0 Å². The zero-order chi connectivity index (χ0) is 28.1. The number of fused-ring (bicyclic) bond motifs is 2. The molecule has 3 unspecified atom stereocenters. The van der Waals surface area contributed by atoms with Gasteiger partial charge in [0.05, 0.1) is 5.69 Å². The molecule has 2 aromatic rings. The number of amides is 4. The van der Waals surface area contributed by atoms with E-state index in [9.17, 15) is 28.8 Å². The van der Waals surface area contributed by atoms with Crippen LogP contribution in [0.3, 0.4) is 0 Å². The van der Waals surface area contributed by atoms with E-state index in [0.717, 1.165) is 30.8 Å². The number of aromatic nitrogens is 3. The number of hydrogen-bond acceptors (Lipinski definition) is 9. The summed E-state index contributed by atoms with van der Waals surface area (Å²) in [6.07, 6.45) is 5.37. The number of Topliss-reactive ketones (excluding diaryl/α,β-unsaturated/α-hetero) is 1. The monoisotopic (exact) mass is 557 g/mol. The molecule has 208 valence electrons. The number of anilines is 1. The molecule has 0 aliphatic heterocycles. The maximum absolute atomic E-state index is 13.2. The van der Waals surface area contributed by atoms with Gasteiger partial charge in [0, 0.05) is 25.7 Å². The van der Waals surface area contributed by atoms with Crippen molar-refractivity contribution in [2.75, 3.05) is 12.4 Å². The number of likely N-dealkylation sites (N-methyl/N-ethyl adjacent to an activating group) is 1. The maximum Gasteiger partial charge on any atom is 0.287 e. The summed E-state index contributed by atoms with van der Waals surface area (Å²) >= 11 is 0.846.